The Bertz CT molecular complexity index is 663. The van der Waals surface area contributed by atoms with Crippen molar-refractivity contribution in [3.63, 3.8) is 0 Å². The number of primary sulfonamides is 1. The number of aromatic nitrogens is 5. The van der Waals surface area contributed by atoms with Crippen molar-refractivity contribution >= 4 is 10.0 Å². The largest absolute Gasteiger partial charge is 0.383 e. The summed E-state index contributed by atoms with van der Waals surface area (Å²) in [5, 5.41) is 16.6. The highest BCUT2D eigenvalue weighted by Crippen LogP contribution is 2.17. The van der Waals surface area contributed by atoms with Crippen molar-refractivity contribution in [2.75, 3.05) is 13.7 Å². The first-order chi connectivity index (χ1) is 9.45. The van der Waals surface area contributed by atoms with Gasteiger partial charge in [-0.25, -0.2) is 13.6 Å². The van der Waals surface area contributed by atoms with Gasteiger partial charge < -0.3 is 4.74 Å². The SMILES string of the molecule is COCCn1c(C(C)n2cccn2)nnc1S(N)(=O)=O. The molecule has 20 heavy (non-hydrogen) atoms. The van der Waals surface area contributed by atoms with E-state index in [1.807, 2.05) is 6.92 Å². The molecule has 0 aliphatic heterocycles. The van der Waals surface area contributed by atoms with Crippen LogP contribution in [0.4, 0.5) is 0 Å². The third kappa shape index (κ3) is 2.86. The lowest BCUT2D eigenvalue weighted by Crippen LogP contribution is -2.22. The van der Waals surface area contributed by atoms with Crippen LogP contribution in [0.2, 0.25) is 0 Å². The molecule has 0 bridgehead atoms. The van der Waals surface area contributed by atoms with Gasteiger partial charge in [-0.1, -0.05) is 0 Å². The molecule has 0 spiro atoms. The maximum absolute atomic E-state index is 11.5. The number of sulfonamides is 1. The lowest BCUT2D eigenvalue weighted by atomic mass is 10.3. The average Bonchev–Trinajstić information content (AvgIpc) is 3.03. The van der Waals surface area contributed by atoms with Gasteiger partial charge in [0.15, 0.2) is 5.82 Å². The Morgan fingerprint density at radius 3 is 2.75 bits per heavy atom. The molecule has 0 saturated carbocycles. The topological polar surface area (TPSA) is 118 Å². The summed E-state index contributed by atoms with van der Waals surface area (Å²) in [5.74, 6) is 0.453. The quantitative estimate of drug-likeness (QED) is 0.759. The molecular weight excluding hydrogens is 284 g/mol. The third-order valence-electron chi connectivity index (χ3n) is 2.81. The molecular formula is C10H16N6O3S. The predicted molar refractivity (Wildman–Crippen MR) is 69.3 cm³/mol. The molecule has 2 aromatic heterocycles. The minimum Gasteiger partial charge on any atom is -0.383 e. The van der Waals surface area contributed by atoms with Gasteiger partial charge >= 0.3 is 0 Å². The van der Waals surface area contributed by atoms with Crippen LogP contribution >= 0.6 is 0 Å². The first kappa shape index (κ1) is 14.6. The second-order valence-corrected chi connectivity index (χ2v) is 5.65. The number of methoxy groups -OCH3 is 1. The van der Waals surface area contributed by atoms with Crippen molar-refractivity contribution in [1.29, 1.82) is 0 Å². The molecule has 1 unspecified atom stereocenters. The van der Waals surface area contributed by atoms with E-state index >= 15 is 0 Å². The number of hydrogen-bond donors (Lipinski definition) is 1. The van der Waals surface area contributed by atoms with Crippen LogP contribution in [0.3, 0.4) is 0 Å². The lowest BCUT2D eigenvalue weighted by molar-refractivity contribution is 0.182. The Morgan fingerprint density at radius 2 is 2.20 bits per heavy atom. The molecule has 0 aromatic carbocycles. The molecule has 0 aliphatic rings. The molecule has 2 N–H and O–H groups in total. The number of rotatable bonds is 6. The summed E-state index contributed by atoms with van der Waals surface area (Å²) >= 11 is 0. The smallest absolute Gasteiger partial charge is 0.273 e. The highest BCUT2D eigenvalue weighted by Gasteiger charge is 2.24. The molecule has 2 heterocycles. The molecule has 110 valence electrons. The summed E-state index contributed by atoms with van der Waals surface area (Å²) in [5.41, 5.74) is 0. The predicted octanol–water partition coefficient (Wildman–Crippen LogP) is -0.622. The Labute approximate surface area is 116 Å². The van der Waals surface area contributed by atoms with Crippen LogP contribution in [-0.2, 0) is 21.3 Å². The molecule has 0 radical (unpaired) electrons. The first-order valence-electron chi connectivity index (χ1n) is 5.89. The Balaban J connectivity index is 2.45. The minimum absolute atomic E-state index is 0.273. The summed E-state index contributed by atoms with van der Waals surface area (Å²) in [6.45, 7) is 2.45. The first-order valence-corrected chi connectivity index (χ1v) is 7.43. The summed E-state index contributed by atoms with van der Waals surface area (Å²) in [4.78, 5) is 0. The second kappa shape index (κ2) is 5.69. The van der Waals surface area contributed by atoms with Gasteiger partial charge in [0, 0.05) is 19.5 Å². The van der Waals surface area contributed by atoms with E-state index in [1.54, 1.807) is 23.1 Å². The van der Waals surface area contributed by atoms with Crippen LogP contribution in [0, 0.1) is 0 Å². The zero-order valence-electron chi connectivity index (χ0n) is 11.2. The maximum atomic E-state index is 11.5. The second-order valence-electron chi connectivity index (χ2n) is 4.19. The van der Waals surface area contributed by atoms with Crippen molar-refractivity contribution in [3.05, 3.63) is 24.3 Å². The van der Waals surface area contributed by atoms with Crippen molar-refractivity contribution in [1.82, 2.24) is 24.5 Å². The summed E-state index contributed by atoms with van der Waals surface area (Å²) in [6.07, 6.45) is 3.39. The van der Waals surface area contributed by atoms with E-state index in [0.717, 1.165) is 0 Å². The van der Waals surface area contributed by atoms with Crippen molar-refractivity contribution in [3.8, 4) is 0 Å². The molecule has 0 saturated heterocycles. The van der Waals surface area contributed by atoms with Crippen LogP contribution in [0.1, 0.15) is 18.8 Å². The highest BCUT2D eigenvalue weighted by atomic mass is 32.2. The number of nitrogens with zero attached hydrogens (tertiary/aromatic N) is 5. The van der Waals surface area contributed by atoms with Crippen LogP contribution in [0.15, 0.2) is 23.6 Å². The van der Waals surface area contributed by atoms with E-state index in [2.05, 4.69) is 15.3 Å². The van der Waals surface area contributed by atoms with Gasteiger partial charge in [0.05, 0.1) is 13.2 Å². The van der Waals surface area contributed by atoms with E-state index < -0.39 is 10.0 Å². The maximum Gasteiger partial charge on any atom is 0.273 e. The average molecular weight is 300 g/mol. The third-order valence-corrected chi connectivity index (χ3v) is 3.63. The number of ether oxygens (including phenoxy) is 1. The Kier molecular flexibility index (Phi) is 4.16. The van der Waals surface area contributed by atoms with Crippen molar-refractivity contribution in [2.45, 2.75) is 24.7 Å². The van der Waals surface area contributed by atoms with E-state index in [9.17, 15) is 8.42 Å². The van der Waals surface area contributed by atoms with Crippen molar-refractivity contribution in [2.24, 2.45) is 5.14 Å². The van der Waals surface area contributed by atoms with Gasteiger partial charge in [-0.15, -0.1) is 10.2 Å². The number of hydrogen-bond acceptors (Lipinski definition) is 6. The molecule has 0 aliphatic carbocycles. The van der Waals surface area contributed by atoms with Crippen LogP contribution in [-0.4, -0.2) is 46.7 Å². The van der Waals surface area contributed by atoms with E-state index in [4.69, 9.17) is 9.88 Å². The van der Waals surface area contributed by atoms with Gasteiger partial charge in [-0.05, 0) is 13.0 Å². The van der Waals surface area contributed by atoms with E-state index in [1.165, 1.54) is 11.7 Å². The highest BCUT2D eigenvalue weighted by molar-refractivity contribution is 7.89. The Morgan fingerprint density at radius 1 is 1.45 bits per heavy atom. The Hall–Kier alpha value is -1.78. The van der Waals surface area contributed by atoms with Crippen molar-refractivity contribution < 1.29 is 13.2 Å². The fraction of sp³-hybridized carbons (Fsp3) is 0.500. The molecule has 1 atom stereocenters. The minimum atomic E-state index is -3.94. The zero-order valence-corrected chi connectivity index (χ0v) is 12.0. The lowest BCUT2D eigenvalue weighted by Gasteiger charge is -2.14. The van der Waals surface area contributed by atoms with Crippen LogP contribution < -0.4 is 5.14 Å². The van der Waals surface area contributed by atoms with Gasteiger partial charge in [0.2, 0.25) is 0 Å². The van der Waals surface area contributed by atoms with Gasteiger partial charge in [-0.2, -0.15) is 5.10 Å². The molecule has 2 rings (SSSR count). The molecule has 2 aromatic rings. The molecule has 0 fully saturated rings. The number of nitrogens with two attached hydrogens (primary N) is 1. The molecule has 0 amide bonds. The standard InChI is InChI=1S/C10H16N6O3S/c1-8(16-5-3-4-12-16)9-13-14-10(20(11,17)18)15(9)6-7-19-2/h3-5,8H,6-7H2,1-2H3,(H2,11,17,18). The van der Waals surface area contributed by atoms with E-state index in [-0.39, 0.29) is 17.7 Å². The summed E-state index contributed by atoms with van der Waals surface area (Å²) < 4.78 is 31.1. The fourth-order valence-electron chi connectivity index (χ4n) is 1.84. The van der Waals surface area contributed by atoms with Crippen LogP contribution in [0.25, 0.3) is 0 Å². The van der Waals surface area contributed by atoms with Gasteiger partial charge in [0.25, 0.3) is 15.2 Å². The molecule has 9 nitrogen and oxygen atoms in total. The molecule has 10 heteroatoms. The summed E-state index contributed by atoms with van der Waals surface area (Å²) in [6, 6.07) is 1.50. The van der Waals surface area contributed by atoms with Gasteiger partial charge in [0.1, 0.15) is 6.04 Å². The summed E-state index contributed by atoms with van der Waals surface area (Å²) in [7, 11) is -2.42. The van der Waals surface area contributed by atoms with E-state index in [0.29, 0.717) is 12.4 Å². The normalized spacial score (nSPS) is 13.6. The van der Waals surface area contributed by atoms with Crippen LogP contribution in [0.5, 0.6) is 0 Å². The fourth-order valence-corrected chi connectivity index (χ4v) is 2.49. The monoisotopic (exact) mass is 300 g/mol. The zero-order chi connectivity index (χ0) is 14.8. The van der Waals surface area contributed by atoms with Gasteiger partial charge in [-0.3, -0.25) is 9.25 Å².